The predicted molar refractivity (Wildman–Crippen MR) is 321 cm³/mol. The van der Waals surface area contributed by atoms with Crippen molar-refractivity contribution < 1.29 is 23.0 Å². The Morgan fingerprint density at radius 3 is 1.63 bits per heavy atom. The third-order valence-electron chi connectivity index (χ3n) is 17.1. The van der Waals surface area contributed by atoms with E-state index in [1.54, 1.807) is 51.0 Å². The van der Waals surface area contributed by atoms with Crippen molar-refractivity contribution in [1.82, 2.24) is 54.4 Å². The second-order valence-electron chi connectivity index (χ2n) is 23.0. The van der Waals surface area contributed by atoms with Crippen LogP contribution in [-0.4, -0.2) is 112 Å². The number of aromatic amines is 2. The van der Waals surface area contributed by atoms with Gasteiger partial charge < -0.3 is 24.2 Å². The fraction of sp³-hybridized carbons (Fsp3) is 0.328. The van der Waals surface area contributed by atoms with E-state index < -0.39 is 23.0 Å². The number of carbonyl (C=O) groups excluding carboxylic acids is 1. The maximum atomic E-state index is 17.0. The number of nitrogens with zero attached hydrogens (tertiary/aromatic N) is 11. The lowest BCUT2D eigenvalue weighted by molar-refractivity contribution is -0.126. The molecule has 4 aromatic carbocycles. The number of ether oxygens (including phenoxy) is 2. The molecule has 6 aromatic heterocycles. The van der Waals surface area contributed by atoms with Crippen LogP contribution in [0.4, 0.5) is 20.4 Å². The fourth-order valence-electron chi connectivity index (χ4n) is 13.1. The highest BCUT2D eigenvalue weighted by Crippen LogP contribution is 2.48. The number of piperidine rings is 1. The Balaban J connectivity index is 0.000000157. The number of benzene rings is 4. The first-order valence-electron chi connectivity index (χ1n) is 28.6. The molecule has 10 heterocycles. The number of hydrogen-bond acceptors (Lipinski definition) is 13. The Hall–Kier alpha value is -9.33. The van der Waals surface area contributed by atoms with Crippen molar-refractivity contribution in [1.29, 1.82) is 0 Å². The quantitative estimate of drug-likeness (QED) is 0.143. The lowest BCUT2D eigenvalue weighted by atomic mass is 9.94. The summed E-state index contributed by atoms with van der Waals surface area (Å²) in [5.41, 5.74) is 10.0. The Labute approximate surface area is 481 Å². The van der Waals surface area contributed by atoms with Gasteiger partial charge in [-0.1, -0.05) is 46.4 Å². The van der Waals surface area contributed by atoms with Gasteiger partial charge in [0.25, 0.3) is 0 Å². The van der Waals surface area contributed by atoms with Crippen molar-refractivity contribution in [3.63, 3.8) is 0 Å². The number of pyridine rings is 2. The zero-order valence-electron chi connectivity index (χ0n) is 48.1. The molecule has 4 aliphatic heterocycles. The van der Waals surface area contributed by atoms with Crippen LogP contribution in [0.5, 0.6) is 11.5 Å². The SMILES string of the molecule is C=CC(=O)N1CCN2c3nc(=O)n(-c4c(C)ccnc4C(C)C)c4cc(-c5c(C)ccc6[nH]ncc56)c(F)c(c34)OC[C@H]2C1.Cc1ccnc(C(C)C)c1-n1c(=O)nc2c3c(c(F)c(-c4c(C)ccc5[nH]ncc45)cc31)OC[C@H]1CCCCN21. The van der Waals surface area contributed by atoms with Gasteiger partial charge in [0.05, 0.1) is 80.1 Å². The Morgan fingerprint density at radius 2 is 1.14 bits per heavy atom. The van der Waals surface area contributed by atoms with E-state index >= 15 is 8.78 Å². The molecule has 18 nitrogen and oxygen atoms in total. The van der Waals surface area contributed by atoms with Crippen molar-refractivity contribution in [2.75, 3.05) is 49.2 Å². The normalized spacial score (nSPS) is 16.5. The number of fused-ring (bicyclic) bond motifs is 6. The van der Waals surface area contributed by atoms with Gasteiger partial charge in [0.15, 0.2) is 23.1 Å². The number of amides is 1. The molecule has 0 radical (unpaired) electrons. The second-order valence-corrected chi connectivity index (χ2v) is 23.0. The van der Waals surface area contributed by atoms with Crippen LogP contribution in [0.15, 0.2) is 95.6 Å². The number of halogens is 2. The number of rotatable bonds is 7. The van der Waals surface area contributed by atoms with E-state index in [-0.39, 0.29) is 47.9 Å². The van der Waals surface area contributed by atoms with E-state index in [1.165, 1.54) is 6.08 Å². The molecule has 4 aliphatic rings. The minimum atomic E-state index is -0.548. The van der Waals surface area contributed by atoms with Crippen LogP contribution < -0.4 is 30.7 Å². The molecule has 428 valence electrons. The van der Waals surface area contributed by atoms with Gasteiger partial charge in [-0.05, 0) is 135 Å². The van der Waals surface area contributed by atoms with Crippen molar-refractivity contribution in [2.45, 2.75) is 98.6 Å². The largest absolute Gasteiger partial charge is 0.487 e. The summed E-state index contributed by atoms with van der Waals surface area (Å²) < 4.78 is 49.6. The first-order chi connectivity index (χ1) is 40.5. The highest BCUT2D eigenvalue weighted by atomic mass is 19.1. The summed E-state index contributed by atoms with van der Waals surface area (Å²) in [6.45, 7) is 21.8. The molecular formula is C64H63F2N13O5. The molecule has 2 saturated heterocycles. The van der Waals surface area contributed by atoms with Crippen LogP contribution in [0.25, 0.3) is 77.2 Å². The van der Waals surface area contributed by atoms with Crippen molar-refractivity contribution in [3.05, 3.63) is 152 Å². The molecule has 10 aromatic rings. The monoisotopic (exact) mass is 1130 g/mol. The van der Waals surface area contributed by atoms with E-state index in [4.69, 9.17) is 9.47 Å². The number of aryl methyl sites for hydroxylation is 4. The fourth-order valence-corrected chi connectivity index (χ4v) is 13.1. The molecule has 1 amide bonds. The average molecular weight is 1130 g/mol. The number of carbonyl (C=O) groups is 1. The average Bonchev–Trinajstić information content (AvgIpc) is 1.42. The minimum absolute atomic E-state index is 0.000345. The predicted octanol–water partition coefficient (Wildman–Crippen LogP) is 10.8. The summed E-state index contributed by atoms with van der Waals surface area (Å²) in [5.74, 6) is -0.118. The molecule has 14 rings (SSSR count). The topological polar surface area (TPSA) is 198 Å². The van der Waals surface area contributed by atoms with Crippen LogP contribution in [0.3, 0.4) is 0 Å². The summed E-state index contributed by atoms with van der Waals surface area (Å²) >= 11 is 0. The number of nitrogens with one attached hydrogen (secondary N) is 2. The van der Waals surface area contributed by atoms with Crippen LogP contribution in [-0.2, 0) is 4.79 Å². The molecule has 2 atom stereocenters. The van der Waals surface area contributed by atoms with Crippen LogP contribution in [0, 0.1) is 39.3 Å². The summed E-state index contributed by atoms with van der Waals surface area (Å²) in [4.78, 5) is 65.1. The third kappa shape index (κ3) is 8.57. The molecule has 0 unspecified atom stereocenters. The van der Waals surface area contributed by atoms with E-state index in [2.05, 4.69) is 65.7 Å². The molecule has 20 heteroatoms. The van der Waals surface area contributed by atoms with Gasteiger partial charge in [-0.3, -0.25) is 34.1 Å². The van der Waals surface area contributed by atoms with E-state index in [1.807, 2.05) is 82.8 Å². The van der Waals surface area contributed by atoms with Gasteiger partial charge in [0, 0.05) is 60.5 Å². The van der Waals surface area contributed by atoms with Crippen LogP contribution in [0.1, 0.15) is 92.4 Å². The van der Waals surface area contributed by atoms with Gasteiger partial charge >= 0.3 is 11.4 Å². The summed E-state index contributed by atoms with van der Waals surface area (Å²) in [5, 5.41) is 16.9. The van der Waals surface area contributed by atoms with Crippen molar-refractivity contribution in [2.24, 2.45) is 0 Å². The molecule has 84 heavy (non-hydrogen) atoms. The summed E-state index contributed by atoms with van der Waals surface area (Å²) in [6.07, 6.45) is 11.1. The van der Waals surface area contributed by atoms with Gasteiger partial charge in [0.1, 0.15) is 24.8 Å². The second kappa shape index (κ2) is 20.8. The highest BCUT2D eigenvalue weighted by Gasteiger charge is 2.39. The molecule has 2 fully saturated rings. The van der Waals surface area contributed by atoms with Crippen molar-refractivity contribution in [3.8, 4) is 45.1 Å². The molecule has 0 bridgehead atoms. The number of anilines is 2. The van der Waals surface area contributed by atoms with Gasteiger partial charge in [0.2, 0.25) is 5.91 Å². The molecular weight excluding hydrogens is 1070 g/mol. The number of H-pyrrole nitrogens is 2. The smallest absolute Gasteiger partial charge is 0.354 e. The van der Waals surface area contributed by atoms with Gasteiger partial charge in [-0.2, -0.15) is 20.2 Å². The number of hydrogen-bond donors (Lipinski definition) is 2. The van der Waals surface area contributed by atoms with Crippen LogP contribution >= 0.6 is 0 Å². The van der Waals surface area contributed by atoms with E-state index in [9.17, 15) is 14.4 Å². The number of aromatic nitrogens is 10. The van der Waals surface area contributed by atoms with E-state index in [0.717, 1.165) is 86.8 Å². The Morgan fingerprint density at radius 1 is 0.655 bits per heavy atom. The van der Waals surface area contributed by atoms with E-state index in [0.29, 0.717) is 87.7 Å². The first-order valence-corrected chi connectivity index (χ1v) is 28.6. The molecule has 0 spiro atoms. The summed E-state index contributed by atoms with van der Waals surface area (Å²) in [6, 6.07) is 14.7. The lowest BCUT2D eigenvalue weighted by Crippen LogP contribution is -2.56. The third-order valence-corrected chi connectivity index (χ3v) is 17.1. The number of piperazine rings is 1. The minimum Gasteiger partial charge on any atom is -0.487 e. The molecule has 0 aliphatic carbocycles. The van der Waals surface area contributed by atoms with Crippen molar-refractivity contribution >= 4 is 61.2 Å². The molecule has 0 saturated carbocycles. The Kier molecular flexibility index (Phi) is 13.4. The standard InChI is InChI=1S/C33H32FN7O3.C31H31FN6O2/c1-6-25(42)39-11-12-40-20(15-39)16-44-31-27-24(13-21(28(31)34)26-18(4)7-8-23-22(26)14-36-38-23)41(33(43)37-32(27)40)30-19(5)9-10-35-29(30)17(2)3;1-16(2)27-28(18(4)10-11-33-27)38-23-13-20(24-17(3)8-9-22-21(24)14-34-36-22)26(32)29-25(23)30(35-31(38)39)37-12-6-5-7-19(37)15-40-29/h6-10,13-14,17,20H,1,11-12,15-16H2,2-5H3,(H,36,38);8-11,13-14,16,19H,5-7,12,15H2,1-4H3,(H,34,36)/t20-;19-/m11/s1. The van der Waals surface area contributed by atoms with Gasteiger partial charge in [-0.15, -0.1) is 0 Å². The maximum Gasteiger partial charge on any atom is 0.354 e. The maximum absolute atomic E-state index is 17.0. The van der Waals surface area contributed by atoms with Gasteiger partial charge in [-0.25, -0.2) is 18.4 Å². The zero-order valence-corrected chi connectivity index (χ0v) is 48.1. The van der Waals surface area contributed by atoms with Crippen LogP contribution in [0.2, 0.25) is 0 Å². The Bertz CT molecular complexity index is 4510. The lowest BCUT2D eigenvalue weighted by Gasteiger charge is -2.40. The molecule has 2 N–H and O–H groups in total. The zero-order chi connectivity index (χ0) is 58.6. The highest BCUT2D eigenvalue weighted by molar-refractivity contribution is 6.06. The summed E-state index contributed by atoms with van der Waals surface area (Å²) in [7, 11) is 0. The first kappa shape index (κ1) is 53.9.